The number of carbonyl (C=O) groups is 2. The number of nitrogens with zero attached hydrogens (tertiary/aromatic N) is 1. The normalized spacial score (nSPS) is 30.7. The molecule has 3 atom stereocenters. The molecule has 0 aromatic rings. The van der Waals surface area contributed by atoms with Crippen molar-refractivity contribution in [1.82, 2.24) is 15.5 Å². The molecule has 2 rings (SSSR count). The van der Waals surface area contributed by atoms with Crippen LogP contribution in [0.3, 0.4) is 0 Å². The van der Waals surface area contributed by atoms with Gasteiger partial charge in [-0.1, -0.05) is 6.08 Å². The third-order valence-corrected chi connectivity index (χ3v) is 5.47. The maximum atomic E-state index is 13.3. The van der Waals surface area contributed by atoms with Crippen molar-refractivity contribution < 1.29 is 9.59 Å². The Morgan fingerprint density at radius 1 is 1.24 bits per heavy atom. The van der Waals surface area contributed by atoms with Crippen molar-refractivity contribution in [2.45, 2.75) is 70.9 Å². The van der Waals surface area contributed by atoms with E-state index in [1.165, 1.54) is 19.8 Å². The molecule has 0 unspecified atom stereocenters. The Morgan fingerprint density at radius 3 is 2.40 bits per heavy atom. The van der Waals surface area contributed by atoms with E-state index in [0.29, 0.717) is 6.42 Å². The van der Waals surface area contributed by atoms with E-state index in [4.69, 9.17) is 0 Å². The quantitative estimate of drug-likeness (QED) is 0.750. The molecular formula is C20H35N3O2. The molecule has 2 fully saturated rings. The summed E-state index contributed by atoms with van der Waals surface area (Å²) in [6.45, 7) is 14.5. The molecule has 0 spiro atoms. The second kappa shape index (κ2) is 7.90. The van der Waals surface area contributed by atoms with E-state index in [1.807, 2.05) is 26.8 Å². The van der Waals surface area contributed by atoms with Gasteiger partial charge in [0.05, 0.1) is 0 Å². The molecule has 1 heterocycles. The molecule has 1 aliphatic heterocycles. The van der Waals surface area contributed by atoms with Crippen molar-refractivity contribution in [2.75, 3.05) is 19.6 Å². The lowest BCUT2D eigenvalue weighted by Gasteiger charge is -2.47. The summed E-state index contributed by atoms with van der Waals surface area (Å²) in [5.41, 5.74) is -1.18. The number of carbonyl (C=O) groups excluding carboxylic acids is 2. The molecule has 2 aliphatic rings. The zero-order valence-electron chi connectivity index (χ0n) is 16.4. The van der Waals surface area contributed by atoms with Crippen LogP contribution >= 0.6 is 0 Å². The number of rotatable bonds is 5. The highest BCUT2D eigenvalue weighted by molar-refractivity contribution is 5.92. The summed E-state index contributed by atoms with van der Waals surface area (Å²) in [7, 11) is 0. The van der Waals surface area contributed by atoms with Gasteiger partial charge in [-0.15, -0.1) is 6.58 Å². The molecule has 2 amide bonds. The monoisotopic (exact) mass is 349 g/mol. The van der Waals surface area contributed by atoms with Crippen LogP contribution in [0, 0.1) is 11.8 Å². The lowest BCUT2D eigenvalue weighted by molar-refractivity contribution is -0.139. The van der Waals surface area contributed by atoms with Gasteiger partial charge in [0, 0.05) is 24.9 Å². The van der Waals surface area contributed by atoms with E-state index in [0.717, 1.165) is 32.5 Å². The molecule has 1 saturated heterocycles. The lowest BCUT2D eigenvalue weighted by Crippen LogP contribution is -2.68. The third-order valence-electron chi connectivity index (χ3n) is 5.47. The van der Waals surface area contributed by atoms with Gasteiger partial charge in [-0.2, -0.15) is 0 Å². The molecule has 2 N–H and O–H groups in total. The summed E-state index contributed by atoms with van der Waals surface area (Å²) in [6, 6.07) is 0. The van der Waals surface area contributed by atoms with Gasteiger partial charge >= 0.3 is 0 Å². The Hall–Kier alpha value is -1.36. The average Bonchev–Trinajstić information content (AvgIpc) is 2.99. The van der Waals surface area contributed by atoms with E-state index in [9.17, 15) is 9.59 Å². The van der Waals surface area contributed by atoms with Gasteiger partial charge in [0.25, 0.3) is 0 Å². The van der Waals surface area contributed by atoms with E-state index in [-0.39, 0.29) is 29.2 Å². The standard InChI is InChI=1S/C20H35N3O2/c1-6-16-9-10-17(14-23-11-7-8-12-23)20(13-16,21-15(2)24)18(25)22-19(3,4)5/h6,16-17H,1,7-14H2,2-5H3,(H,21,24)(H,22,25)/t16-,17+,20-/m1/s1. The fraction of sp³-hybridized carbons (Fsp3) is 0.800. The molecule has 0 radical (unpaired) electrons. The van der Waals surface area contributed by atoms with Crippen LogP contribution in [0.15, 0.2) is 12.7 Å². The summed E-state index contributed by atoms with van der Waals surface area (Å²) in [6.07, 6.45) is 6.99. The first kappa shape index (κ1) is 20.0. The predicted molar refractivity (Wildman–Crippen MR) is 101 cm³/mol. The minimum atomic E-state index is -0.848. The van der Waals surface area contributed by atoms with Gasteiger partial charge < -0.3 is 15.5 Å². The van der Waals surface area contributed by atoms with Crippen molar-refractivity contribution >= 4 is 11.8 Å². The zero-order valence-corrected chi connectivity index (χ0v) is 16.4. The molecule has 0 bridgehead atoms. The van der Waals surface area contributed by atoms with Crippen LogP contribution in [0.2, 0.25) is 0 Å². The van der Waals surface area contributed by atoms with E-state index < -0.39 is 5.54 Å². The maximum Gasteiger partial charge on any atom is 0.246 e. The number of amides is 2. The zero-order chi connectivity index (χ0) is 18.7. The number of hydrogen-bond acceptors (Lipinski definition) is 3. The summed E-state index contributed by atoms with van der Waals surface area (Å²) >= 11 is 0. The molecule has 5 nitrogen and oxygen atoms in total. The van der Waals surface area contributed by atoms with E-state index in [1.54, 1.807) is 0 Å². The molecule has 1 saturated carbocycles. The number of nitrogens with one attached hydrogen (secondary N) is 2. The SMILES string of the molecule is C=C[C@@H]1CC[C@@H](CN2CCCC2)[C@@](NC(C)=O)(C(=O)NC(C)(C)C)C1. The molecule has 0 aromatic carbocycles. The van der Waals surface area contributed by atoms with Gasteiger partial charge in [0.2, 0.25) is 11.8 Å². The predicted octanol–water partition coefficient (Wildman–Crippen LogP) is 2.47. The molecule has 25 heavy (non-hydrogen) atoms. The highest BCUT2D eigenvalue weighted by Crippen LogP contribution is 2.39. The Morgan fingerprint density at radius 2 is 1.88 bits per heavy atom. The molecule has 1 aliphatic carbocycles. The Kier molecular flexibility index (Phi) is 6.30. The summed E-state index contributed by atoms with van der Waals surface area (Å²) in [5, 5.41) is 6.21. The largest absolute Gasteiger partial charge is 0.349 e. The van der Waals surface area contributed by atoms with Crippen LogP contribution in [-0.4, -0.2) is 47.4 Å². The van der Waals surface area contributed by atoms with Crippen molar-refractivity contribution in [1.29, 1.82) is 0 Å². The lowest BCUT2D eigenvalue weighted by atomic mass is 9.67. The Balaban J connectivity index is 2.32. The summed E-state index contributed by atoms with van der Waals surface area (Å²) in [5.74, 6) is 0.201. The van der Waals surface area contributed by atoms with E-state index in [2.05, 4.69) is 22.1 Å². The van der Waals surface area contributed by atoms with Gasteiger partial charge in [0.1, 0.15) is 5.54 Å². The van der Waals surface area contributed by atoms with Crippen molar-refractivity contribution in [2.24, 2.45) is 11.8 Å². The van der Waals surface area contributed by atoms with Crippen LogP contribution in [-0.2, 0) is 9.59 Å². The van der Waals surface area contributed by atoms with Crippen LogP contribution in [0.4, 0.5) is 0 Å². The Labute approximate surface area is 152 Å². The van der Waals surface area contributed by atoms with Gasteiger partial charge in [-0.25, -0.2) is 0 Å². The fourth-order valence-electron chi connectivity index (χ4n) is 4.32. The number of likely N-dealkylation sites (tertiary alicyclic amines) is 1. The van der Waals surface area contributed by atoms with Crippen LogP contribution in [0.1, 0.15) is 59.8 Å². The molecule has 142 valence electrons. The van der Waals surface area contributed by atoms with Gasteiger partial charge in [0.15, 0.2) is 0 Å². The second-order valence-corrected chi connectivity index (χ2v) is 8.84. The fourth-order valence-corrected chi connectivity index (χ4v) is 4.32. The average molecular weight is 350 g/mol. The van der Waals surface area contributed by atoms with Crippen LogP contribution < -0.4 is 10.6 Å². The first-order chi connectivity index (χ1) is 11.7. The van der Waals surface area contributed by atoms with Gasteiger partial charge in [-0.3, -0.25) is 9.59 Å². The molecule has 0 aromatic heterocycles. The number of hydrogen-bond donors (Lipinski definition) is 2. The third kappa shape index (κ3) is 5.06. The smallest absolute Gasteiger partial charge is 0.246 e. The minimum absolute atomic E-state index is 0.0500. The topological polar surface area (TPSA) is 61.4 Å². The van der Waals surface area contributed by atoms with Crippen LogP contribution in [0.5, 0.6) is 0 Å². The summed E-state index contributed by atoms with van der Waals surface area (Å²) in [4.78, 5) is 27.8. The van der Waals surface area contributed by atoms with Crippen molar-refractivity contribution in [3.63, 3.8) is 0 Å². The summed E-state index contributed by atoms with van der Waals surface area (Å²) < 4.78 is 0. The highest BCUT2D eigenvalue weighted by Gasteiger charge is 2.50. The number of allylic oxidation sites excluding steroid dienone is 1. The highest BCUT2D eigenvalue weighted by atomic mass is 16.2. The first-order valence-corrected chi connectivity index (χ1v) is 9.62. The first-order valence-electron chi connectivity index (χ1n) is 9.62. The molecular weight excluding hydrogens is 314 g/mol. The minimum Gasteiger partial charge on any atom is -0.349 e. The second-order valence-electron chi connectivity index (χ2n) is 8.84. The van der Waals surface area contributed by atoms with Gasteiger partial charge in [-0.05, 0) is 71.9 Å². The van der Waals surface area contributed by atoms with Crippen molar-refractivity contribution in [3.8, 4) is 0 Å². The van der Waals surface area contributed by atoms with Crippen molar-refractivity contribution in [3.05, 3.63) is 12.7 Å². The van der Waals surface area contributed by atoms with E-state index >= 15 is 0 Å². The Bertz CT molecular complexity index is 506. The van der Waals surface area contributed by atoms with Crippen LogP contribution in [0.25, 0.3) is 0 Å². The maximum absolute atomic E-state index is 13.3. The molecule has 5 heteroatoms.